The summed E-state index contributed by atoms with van der Waals surface area (Å²) in [5, 5.41) is 6.25. The average molecular weight is 750 g/mol. The average Bonchev–Trinajstić information content (AvgIpc) is 3.15. The Bertz CT molecular complexity index is 1560. The maximum absolute atomic E-state index is 14.3. The molecule has 0 radical (unpaired) electrons. The molecule has 1 heterocycles. The zero-order chi connectivity index (χ0) is 39.6. The van der Waals surface area contributed by atoms with Crippen molar-refractivity contribution < 1.29 is 33.4 Å². The molecule has 1 aliphatic rings. The number of nitrogens with zero attached hydrogens (tertiary/aromatic N) is 1. The second kappa shape index (κ2) is 22.9. The number of nitrogens with two attached hydrogens (primary N) is 2. The van der Waals surface area contributed by atoms with E-state index in [4.69, 9.17) is 20.9 Å². The van der Waals surface area contributed by atoms with Crippen molar-refractivity contribution in [1.29, 1.82) is 0 Å². The Labute approximate surface area is 321 Å². The van der Waals surface area contributed by atoms with Crippen LogP contribution in [0.4, 0.5) is 0 Å². The highest BCUT2D eigenvalue weighted by molar-refractivity contribution is 5.96. The summed E-state index contributed by atoms with van der Waals surface area (Å²) in [7, 11) is 1.62. The Morgan fingerprint density at radius 2 is 1.54 bits per heavy atom. The van der Waals surface area contributed by atoms with Crippen molar-refractivity contribution >= 4 is 29.2 Å². The maximum Gasteiger partial charge on any atom is 0.224 e. The summed E-state index contributed by atoms with van der Waals surface area (Å²) in [5.74, 6) is -1.75. The molecule has 1 aliphatic heterocycles. The third kappa shape index (κ3) is 13.3. The van der Waals surface area contributed by atoms with Crippen molar-refractivity contribution in [2.75, 3.05) is 46.4 Å². The largest absolute Gasteiger partial charge is 0.492 e. The molecule has 12 nitrogen and oxygen atoms in total. The minimum atomic E-state index is -1.01. The first-order valence-corrected chi connectivity index (χ1v) is 19.7. The van der Waals surface area contributed by atoms with E-state index in [1.54, 1.807) is 39.1 Å². The molecule has 6 N–H and O–H groups in total. The van der Waals surface area contributed by atoms with Gasteiger partial charge in [0.05, 0.1) is 6.04 Å². The highest BCUT2D eigenvalue weighted by Gasteiger charge is 2.33. The fourth-order valence-electron chi connectivity index (χ4n) is 6.62. The predicted molar refractivity (Wildman–Crippen MR) is 211 cm³/mol. The van der Waals surface area contributed by atoms with Gasteiger partial charge in [0, 0.05) is 68.9 Å². The number of ketones is 3. The van der Waals surface area contributed by atoms with Crippen molar-refractivity contribution in [3.63, 3.8) is 0 Å². The van der Waals surface area contributed by atoms with Crippen LogP contribution in [-0.2, 0) is 30.4 Å². The first-order valence-electron chi connectivity index (χ1n) is 19.7. The lowest BCUT2D eigenvalue weighted by Crippen LogP contribution is -2.46. The molecule has 54 heavy (non-hydrogen) atoms. The van der Waals surface area contributed by atoms with Gasteiger partial charge in [0.15, 0.2) is 11.6 Å². The van der Waals surface area contributed by atoms with Crippen molar-refractivity contribution in [2.24, 2.45) is 23.3 Å². The van der Waals surface area contributed by atoms with Gasteiger partial charge in [0.25, 0.3) is 0 Å². The van der Waals surface area contributed by atoms with E-state index in [2.05, 4.69) is 17.6 Å². The summed E-state index contributed by atoms with van der Waals surface area (Å²) in [5.41, 5.74) is 14.1. The van der Waals surface area contributed by atoms with Crippen LogP contribution in [-0.4, -0.2) is 86.5 Å². The number of likely N-dealkylation sites (N-methyl/N-ethyl adjacent to an activating group) is 1. The molecular weight excluding hydrogens is 686 g/mol. The number of amides is 2. The SMILES string of the molecule is CCCCCCCCNCCC(=O)N(C)[C@@H]1C(=O)C[C@@H](C)C(=O)N[C@H](C(=O)C[C@@H](C)C(C)=O)Cc2ccc(OCCN)c(c2)-c2cc1ccc2OCCN. The third-order valence-electron chi connectivity index (χ3n) is 10.0. The molecule has 0 unspecified atom stereocenters. The fraction of sp³-hybridized carbons (Fsp3) is 0.595. The van der Waals surface area contributed by atoms with Crippen LogP contribution in [0.2, 0.25) is 0 Å². The van der Waals surface area contributed by atoms with E-state index in [-0.39, 0.29) is 75.2 Å². The van der Waals surface area contributed by atoms with Crippen LogP contribution >= 0.6 is 0 Å². The summed E-state index contributed by atoms with van der Waals surface area (Å²) in [6.45, 7) is 9.25. The van der Waals surface area contributed by atoms with Gasteiger partial charge in [-0.15, -0.1) is 0 Å². The van der Waals surface area contributed by atoms with Crippen molar-refractivity contribution in [1.82, 2.24) is 15.5 Å². The minimum absolute atomic E-state index is 0.0416. The van der Waals surface area contributed by atoms with E-state index >= 15 is 0 Å². The van der Waals surface area contributed by atoms with Crippen LogP contribution in [0, 0.1) is 11.8 Å². The minimum Gasteiger partial charge on any atom is -0.492 e. The van der Waals surface area contributed by atoms with E-state index < -0.39 is 29.8 Å². The molecule has 0 aromatic heterocycles. The Balaban J connectivity index is 2.07. The van der Waals surface area contributed by atoms with Gasteiger partial charge in [-0.2, -0.15) is 0 Å². The quantitative estimate of drug-likeness (QED) is 0.131. The lowest BCUT2D eigenvalue weighted by atomic mass is 9.88. The van der Waals surface area contributed by atoms with Crippen LogP contribution in [0.25, 0.3) is 11.1 Å². The molecule has 0 aliphatic carbocycles. The number of fused-ring (bicyclic) bond motifs is 5. The number of hydrogen-bond donors (Lipinski definition) is 4. The lowest BCUT2D eigenvalue weighted by Gasteiger charge is -2.30. The third-order valence-corrected chi connectivity index (χ3v) is 10.0. The second-order valence-corrected chi connectivity index (χ2v) is 14.6. The maximum atomic E-state index is 14.3. The molecule has 4 bridgehead atoms. The van der Waals surface area contributed by atoms with Crippen LogP contribution in [0.15, 0.2) is 36.4 Å². The molecule has 4 atom stereocenters. The van der Waals surface area contributed by atoms with Crippen molar-refractivity contribution in [3.05, 3.63) is 47.5 Å². The van der Waals surface area contributed by atoms with E-state index in [0.717, 1.165) is 24.9 Å². The molecule has 298 valence electrons. The fourth-order valence-corrected chi connectivity index (χ4v) is 6.62. The monoisotopic (exact) mass is 749 g/mol. The van der Waals surface area contributed by atoms with E-state index in [1.165, 1.54) is 37.5 Å². The van der Waals surface area contributed by atoms with Crippen molar-refractivity contribution in [3.8, 4) is 22.6 Å². The van der Waals surface area contributed by atoms with Gasteiger partial charge < -0.3 is 36.5 Å². The summed E-state index contributed by atoms with van der Waals surface area (Å²) >= 11 is 0. The summed E-state index contributed by atoms with van der Waals surface area (Å²) in [4.78, 5) is 68.9. The summed E-state index contributed by atoms with van der Waals surface area (Å²) in [6.07, 6.45) is 7.20. The molecular formula is C42H63N5O7. The number of Topliss-reactive ketones (excluding diaryl/α,β-unsaturated/α-hetero) is 3. The number of carbonyl (C=O) groups is 5. The zero-order valence-electron chi connectivity index (χ0n) is 33.0. The van der Waals surface area contributed by atoms with Gasteiger partial charge in [0.2, 0.25) is 11.8 Å². The van der Waals surface area contributed by atoms with Gasteiger partial charge in [-0.25, -0.2) is 0 Å². The molecule has 12 heteroatoms. The smallest absolute Gasteiger partial charge is 0.224 e. The zero-order valence-corrected chi connectivity index (χ0v) is 33.0. The molecule has 2 amide bonds. The van der Waals surface area contributed by atoms with Gasteiger partial charge >= 0.3 is 0 Å². The molecule has 2 aromatic rings. The Hall–Kier alpha value is -4.13. The Morgan fingerprint density at radius 3 is 2.19 bits per heavy atom. The predicted octanol–water partition coefficient (Wildman–Crippen LogP) is 4.69. The highest BCUT2D eigenvalue weighted by Crippen LogP contribution is 2.40. The first kappa shape index (κ1) is 44.3. The van der Waals surface area contributed by atoms with Gasteiger partial charge in [-0.05, 0) is 61.7 Å². The first-order chi connectivity index (χ1) is 25.9. The topological polar surface area (TPSA) is 183 Å². The Kier molecular flexibility index (Phi) is 18.8. The van der Waals surface area contributed by atoms with E-state index in [0.29, 0.717) is 34.7 Å². The number of benzene rings is 2. The van der Waals surface area contributed by atoms with E-state index in [9.17, 15) is 24.0 Å². The molecule has 0 fully saturated rings. The molecule has 0 saturated heterocycles. The number of carbonyl (C=O) groups excluding carboxylic acids is 5. The summed E-state index contributed by atoms with van der Waals surface area (Å²) in [6, 6.07) is 8.88. The standard InChI is InChI=1S/C42H63N5O7/c1-6-7-8-9-10-11-19-45-20-16-40(51)47(5)41-32-13-15-39(54-22-18-44)34(27-32)33-25-31(12-14-38(33)53-21-17-43)26-35(36(49)23-28(2)30(4)48)46-42(52)29(3)24-37(41)50/h12-15,25,27-29,35,41,45H,6-11,16-24,26,43-44H2,1-5H3,(H,46,52)/t28-,29-,35+,41+/m1/s1. The summed E-state index contributed by atoms with van der Waals surface area (Å²) < 4.78 is 12.2. The lowest BCUT2D eigenvalue weighted by molar-refractivity contribution is -0.139. The number of ether oxygens (including phenoxy) is 2. The molecule has 0 spiro atoms. The van der Waals surface area contributed by atoms with Crippen LogP contribution in [0.1, 0.15) is 103 Å². The van der Waals surface area contributed by atoms with Gasteiger partial charge in [0.1, 0.15) is 36.5 Å². The number of unbranched alkanes of at least 4 members (excludes halogenated alkanes) is 5. The van der Waals surface area contributed by atoms with Crippen LogP contribution in [0.5, 0.6) is 11.5 Å². The number of rotatable bonds is 21. The molecule has 0 saturated carbocycles. The molecule has 3 rings (SSSR count). The van der Waals surface area contributed by atoms with Gasteiger partial charge in [-0.1, -0.05) is 65.0 Å². The van der Waals surface area contributed by atoms with E-state index in [1.807, 2.05) is 18.2 Å². The second-order valence-electron chi connectivity index (χ2n) is 14.6. The number of nitrogens with one attached hydrogen (secondary N) is 2. The Morgan fingerprint density at radius 1 is 0.907 bits per heavy atom. The number of hydrogen-bond acceptors (Lipinski definition) is 10. The van der Waals surface area contributed by atoms with Crippen LogP contribution in [0.3, 0.4) is 0 Å². The highest BCUT2D eigenvalue weighted by atomic mass is 16.5. The normalized spacial score (nSPS) is 17.9. The van der Waals surface area contributed by atoms with Crippen molar-refractivity contribution in [2.45, 2.75) is 104 Å². The molecule has 2 aromatic carbocycles. The van der Waals surface area contributed by atoms with Gasteiger partial charge in [-0.3, -0.25) is 24.0 Å². The van der Waals surface area contributed by atoms with Crippen LogP contribution < -0.4 is 31.6 Å².